The van der Waals surface area contributed by atoms with E-state index in [9.17, 15) is 27.2 Å². The molecule has 1 rings (SSSR count). The van der Waals surface area contributed by atoms with Crippen molar-refractivity contribution in [3.63, 3.8) is 0 Å². The van der Waals surface area contributed by atoms with Gasteiger partial charge in [0.25, 0.3) is 11.7 Å². The maximum atomic E-state index is 12.2. The minimum atomic E-state index is -5.05. The first-order valence-corrected chi connectivity index (χ1v) is 4.42. The molecule has 7 heteroatoms. The maximum Gasteiger partial charge on any atom is 0.454 e. The number of amides is 1. The summed E-state index contributed by atoms with van der Waals surface area (Å²) in [5.41, 5.74) is -1.08. The highest BCUT2D eigenvalue weighted by Crippen LogP contribution is 2.26. The summed E-state index contributed by atoms with van der Waals surface area (Å²) >= 11 is 0. The first-order valence-electron chi connectivity index (χ1n) is 4.42. The molecule has 1 N–H and O–H groups in total. The molecule has 0 aliphatic heterocycles. The Hall–Kier alpha value is -1.92. The number of hydrogen-bond acceptors (Lipinski definition) is 2. The third-order valence-electron chi connectivity index (χ3n) is 1.82. The first kappa shape index (κ1) is 13.1. The number of Topliss-reactive ketones (excluding diaryl/α,β-unsaturated/α-hetero) is 1. The van der Waals surface area contributed by atoms with E-state index >= 15 is 0 Å². The summed E-state index contributed by atoms with van der Waals surface area (Å²) in [5, 5.41) is 1.88. The fourth-order valence-electron chi connectivity index (χ4n) is 1.13. The smallest absolute Gasteiger partial charge is 0.323 e. The van der Waals surface area contributed by atoms with Gasteiger partial charge in [0, 0.05) is 0 Å². The number of benzene rings is 1. The van der Waals surface area contributed by atoms with Gasteiger partial charge in [0.05, 0.1) is 11.3 Å². The molecule has 92 valence electrons. The van der Waals surface area contributed by atoms with E-state index in [2.05, 4.69) is 0 Å². The predicted molar refractivity (Wildman–Crippen MR) is 51.4 cm³/mol. The van der Waals surface area contributed by atoms with E-state index in [1.807, 2.05) is 5.32 Å². The van der Waals surface area contributed by atoms with E-state index in [1.54, 1.807) is 0 Å². The molecule has 0 aliphatic carbocycles. The van der Waals surface area contributed by atoms with Crippen LogP contribution in [-0.2, 0) is 4.79 Å². The van der Waals surface area contributed by atoms with Crippen molar-refractivity contribution in [1.29, 1.82) is 0 Å². The Bertz CT molecular complexity index is 442. The summed E-state index contributed by atoms with van der Waals surface area (Å²) in [6.07, 6.45) is -5.05. The molecule has 0 saturated carbocycles. The van der Waals surface area contributed by atoms with Crippen molar-refractivity contribution in [2.75, 3.05) is 12.0 Å². The molecule has 1 aromatic carbocycles. The van der Waals surface area contributed by atoms with E-state index in [1.165, 1.54) is 12.1 Å². The van der Waals surface area contributed by atoms with Crippen molar-refractivity contribution in [2.45, 2.75) is 6.18 Å². The second-order valence-electron chi connectivity index (χ2n) is 3.05. The predicted octanol–water partition coefficient (Wildman–Crippen LogP) is 2.34. The fourth-order valence-corrected chi connectivity index (χ4v) is 1.13. The van der Waals surface area contributed by atoms with Gasteiger partial charge in [0.15, 0.2) is 6.67 Å². The Labute approximate surface area is 93.4 Å². The van der Waals surface area contributed by atoms with Gasteiger partial charge >= 0.3 is 6.18 Å². The number of hydrogen-bond donors (Lipinski definition) is 1. The van der Waals surface area contributed by atoms with Crippen LogP contribution in [-0.4, -0.2) is 24.5 Å². The molecule has 0 heterocycles. The van der Waals surface area contributed by atoms with Gasteiger partial charge in [0.1, 0.15) is 0 Å². The number of para-hydroxylation sites is 1. The quantitative estimate of drug-likeness (QED) is 0.660. The number of ketones is 1. The van der Waals surface area contributed by atoms with Gasteiger partial charge in [-0.15, -0.1) is 0 Å². The van der Waals surface area contributed by atoms with E-state index < -0.39 is 30.1 Å². The van der Waals surface area contributed by atoms with Gasteiger partial charge in [-0.05, 0) is 12.1 Å². The Kier molecular flexibility index (Phi) is 3.82. The Morgan fingerprint density at radius 3 is 2.29 bits per heavy atom. The Balaban J connectivity index is 3.08. The standard InChI is InChI=1S/C10H7F4NO2/c11-5-8(16)15-7-4-2-1-3-6(7)9(17)10(12,13)14/h1-4H,5H2,(H,15,16). The molecular weight excluding hydrogens is 242 g/mol. The topological polar surface area (TPSA) is 46.2 Å². The van der Waals surface area contributed by atoms with Crippen molar-refractivity contribution < 1.29 is 27.2 Å². The van der Waals surface area contributed by atoms with Gasteiger partial charge in [-0.2, -0.15) is 13.2 Å². The SMILES string of the molecule is O=C(CF)Nc1ccccc1C(=O)C(F)(F)F. The van der Waals surface area contributed by atoms with Crippen LogP contribution in [0.25, 0.3) is 0 Å². The minimum absolute atomic E-state index is 0.363. The number of carbonyl (C=O) groups excluding carboxylic acids is 2. The van der Waals surface area contributed by atoms with E-state index in [4.69, 9.17) is 0 Å². The number of nitrogens with one attached hydrogen (secondary N) is 1. The summed E-state index contributed by atoms with van der Waals surface area (Å²) in [5.74, 6) is -3.21. The highest BCUT2D eigenvalue weighted by atomic mass is 19.4. The van der Waals surface area contributed by atoms with Crippen LogP contribution in [0.4, 0.5) is 23.2 Å². The summed E-state index contributed by atoms with van der Waals surface area (Å²) in [6.45, 7) is -1.38. The van der Waals surface area contributed by atoms with E-state index in [0.29, 0.717) is 0 Å². The van der Waals surface area contributed by atoms with Crippen LogP contribution in [0.2, 0.25) is 0 Å². The van der Waals surface area contributed by atoms with E-state index in [-0.39, 0.29) is 5.69 Å². The third kappa shape index (κ3) is 3.27. The fraction of sp³-hybridized carbons (Fsp3) is 0.200. The molecule has 0 saturated heterocycles. The molecule has 1 amide bonds. The molecule has 1 aromatic rings. The molecule has 0 aromatic heterocycles. The molecule has 3 nitrogen and oxygen atoms in total. The van der Waals surface area contributed by atoms with Gasteiger partial charge in [-0.3, -0.25) is 9.59 Å². The highest BCUT2D eigenvalue weighted by Gasteiger charge is 2.40. The van der Waals surface area contributed by atoms with Gasteiger partial charge in [0.2, 0.25) is 0 Å². The van der Waals surface area contributed by atoms with Crippen molar-refractivity contribution in [2.24, 2.45) is 0 Å². The zero-order valence-corrected chi connectivity index (χ0v) is 8.34. The molecular formula is C10H7F4NO2. The first-order chi connectivity index (χ1) is 7.86. The van der Waals surface area contributed by atoms with Gasteiger partial charge < -0.3 is 5.32 Å². The number of anilines is 1. The van der Waals surface area contributed by atoms with Crippen LogP contribution in [0.15, 0.2) is 24.3 Å². The maximum absolute atomic E-state index is 12.2. The Morgan fingerprint density at radius 2 is 1.76 bits per heavy atom. The molecule has 0 spiro atoms. The van der Waals surface area contributed by atoms with Crippen LogP contribution in [0, 0.1) is 0 Å². The van der Waals surface area contributed by atoms with Crippen LogP contribution >= 0.6 is 0 Å². The average Bonchev–Trinajstić information content (AvgIpc) is 2.27. The lowest BCUT2D eigenvalue weighted by Gasteiger charge is -2.10. The van der Waals surface area contributed by atoms with Crippen LogP contribution in [0.3, 0.4) is 0 Å². The van der Waals surface area contributed by atoms with Crippen molar-refractivity contribution in [3.8, 4) is 0 Å². The largest absolute Gasteiger partial charge is 0.454 e. The molecule has 0 radical (unpaired) electrons. The van der Waals surface area contributed by atoms with Crippen molar-refractivity contribution in [1.82, 2.24) is 0 Å². The summed E-state index contributed by atoms with van der Waals surface area (Å²) < 4.78 is 48.5. The molecule has 17 heavy (non-hydrogen) atoms. The molecule has 0 bridgehead atoms. The second kappa shape index (κ2) is 4.94. The zero-order valence-electron chi connectivity index (χ0n) is 8.34. The monoisotopic (exact) mass is 249 g/mol. The number of carbonyl (C=O) groups is 2. The Morgan fingerprint density at radius 1 is 1.18 bits per heavy atom. The third-order valence-corrected chi connectivity index (χ3v) is 1.82. The number of halogens is 4. The van der Waals surface area contributed by atoms with E-state index in [0.717, 1.165) is 12.1 Å². The van der Waals surface area contributed by atoms with Crippen molar-refractivity contribution >= 4 is 17.4 Å². The van der Waals surface area contributed by atoms with Gasteiger partial charge in [-0.1, -0.05) is 12.1 Å². The lowest BCUT2D eigenvalue weighted by Crippen LogP contribution is -2.25. The number of rotatable bonds is 3. The number of alkyl halides is 4. The molecule has 0 unspecified atom stereocenters. The lowest BCUT2D eigenvalue weighted by molar-refractivity contribution is -0.117. The molecule has 0 aliphatic rings. The molecule has 0 fully saturated rings. The summed E-state index contributed by atoms with van der Waals surface area (Å²) in [7, 11) is 0. The zero-order chi connectivity index (χ0) is 13.1. The van der Waals surface area contributed by atoms with Crippen molar-refractivity contribution in [3.05, 3.63) is 29.8 Å². The van der Waals surface area contributed by atoms with Crippen LogP contribution in [0.1, 0.15) is 10.4 Å². The summed E-state index contributed by atoms with van der Waals surface area (Å²) in [4.78, 5) is 21.7. The second-order valence-corrected chi connectivity index (χ2v) is 3.05. The average molecular weight is 249 g/mol. The summed E-state index contributed by atoms with van der Waals surface area (Å²) in [6, 6.07) is 4.53. The molecule has 0 atom stereocenters. The highest BCUT2D eigenvalue weighted by molar-refractivity contribution is 6.07. The lowest BCUT2D eigenvalue weighted by atomic mass is 10.1. The minimum Gasteiger partial charge on any atom is -0.323 e. The van der Waals surface area contributed by atoms with Gasteiger partial charge in [-0.25, -0.2) is 4.39 Å². The van der Waals surface area contributed by atoms with Crippen LogP contribution in [0.5, 0.6) is 0 Å². The normalized spacial score (nSPS) is 11.1. The van der Waals surface area contributed by atoms with Crippen LogP contribution < -0.4 is 5.32 Å².